The van der Waals surface area contributed by atoms with E-state index in [1.165, 1.54) is 18.2 Å². The molecule has 3 aromatic rings. The van der Waals surface area contributed by atoms with E-state index in [0.29, 0.717) is 0 Å². The first-order valence-electron chi connectivity index (χ1n) is 7.36. The molecule has 0 aliphatic carbocycles. The summed E-state index contributed by atoms with van der Waals surface area (Å²) >= 11 is 0. The number of nitrogens with zero attached hydrogens (tertiary/aromatic N) is 1. The second-order valence-corrected chi connectivity index (χ2v) is 5.47. The highest BCUT2D eigenvalue weighted by Gasteiger charge is 2.18. The summed E-state index contributed by atoms with van der Waals surface area (Å²) in [5, 5.41) is 0. The molecular weight excluding hydrogens is 347 g/mol. The van der Waals surface area contributed by atoms with Crippen LogP contribution >= 0.6 is 0 Å². The Morgan fingerprint density at radius 2 is 1.46 bits per heavy atom. The standard InChI is InChI=1S/C18H12F3N3O2/c19-10-3-1-9(2-4-10)17(26)12-5-6-15(25)24(18(12)23)11-7-13(20)16(22)14(21)8-11/h1-8H,22-23H2. The number of rotatable bonds is 3. The summed E-state index contributed by atoms with van der Waals surface area (Å²) in [5.41, 5.74) is 9.59. The number of halogens is 3. The van der Waals surface area contributed by atoms with Gasteiger partial charge < -0.3 is 11.5 Å². The Bertz CT molecular complexity index is 1050. The number of ketones is 1. The molecule has 0 amide bonds. The number of benzene rings is 2. The minimum atomic E-state index is -1.07. The summed E-state index contributed by atoms with van der Waals surface area (Å²) in [6.07, 6.45) is 0. The Labute approximate surface area is 145 Å². The maximum absolute atomic E-state index is 13.7. The first-order valence-corrected chi connectivity index (χ1v) is 7.36. The summed E-state index contributed by atoms with van der Waals surface area (Å²) in [4.78, 5) is 24.7. The third-order valence-electron chi connectivity index (χ3n) is 3.80. The number of hydrogen-bond acceptors (Lipinski definition) is 4. The fraction of sp³-hybridized carbons (Fsp3) is 0. The van der Waals surface area contributed by atoms with Gasteiger partial charge in [0.2, 0.25) is 0 Å². The lowest BCUT2D eigenvalue weighted by Crippen LogP contribution is -2.24. The number of hydrogen-bond donors (Lipinski definition) is 2. The van der Waals surface area contributed by atoms with Gasteiger partial charge in [-0.25, -0.2) is 13.2 Å². The molecule has 8 heteroatoms. The number of anilines is 2. The molecule has 5 nitrogen and oxygen atoms in total. The van der Waals surface area contributed by atoms with Gasteiger partial charge in [0.1, 0.15) is 17.3 Å². The highest BCUT2D eigenvalue weighted by molar-refractivity contribution is 6.11. The average Bonchev–Trinajstić information content (AvgIpc) is 2.60. The quantitative estimate of drug-likeness (QED) is 0.556. The molecule has 0 spiro atoms. The number of pyridine rings is 1. The number of aromatic nitrogens is 1. The van der Waals surface area contributed by atoms with Gasteiger partial charge in [0, 0.05) is 23.8 Å². The Balaban J connectivity index is 2.17. The van der Waals surface area contributed by atoms with Crippen molar-refractivity contribution in [3.63, 3.8) is 0 Å². The van der Waals surface area contributed by atoms with E-state index in [2.05, 4.69) is 0 Å². The molecule has 0 atom stereocenters. The largest absolute Gasteiger partial charge is 0.394 e. The zero-order valence-corrected chi connectivity index (χ0v) is 13.2. The first kappa shape index (κ1) is 17.3. The van der Waals surface area contributed by atoms with Gasteiger partial charge >= 0.3 is 0 Å². The van der Waals surface area contributed by atoms with Gasteiger partial charge in [-0.05, 0) is 30.3 Å². The SMILES string of the molecule is Nc1c(F)cc(-n2c(N)c(C(=O)c3ccc(F)cc3)ccc2=O)cc1F. The predicted molar refractivity (Wildman–Crippen MR) is 90.6 cm³/mol. The van der Waals surface area contributed by atoms with E-state index in [-0.39, 0.29) is 22.6 Å². The van der Waals surface area contributed by atoms with E-state index >= 15 is 0 Å². The van der Waals surface area contributed by atoms with Crippen LogP contribution in [0.4, 0.5) is 24.7 Å². The number of carbonyl (C=O) groups excluding carboxylic acids is 1. The van der Waals surface area contributed by atoms with Crippen LogP contribution in [0.1, 0.15) is 15.9 Å². The molecule has 0 bridgehead atoms. The van der Waals surface area contributed by atoms with Gasteiger partial charge in [-0.15, -0.1) is 0 Å². The Morgan fingerprint density at radius 3 is 2.04 bits per heavy atom. The van der Waals surface area contributed by atoms with Crippen molar-refractivity contribution >= 4 is 17.3 Å². The zero-order chi connectivity index (χ0) is 19.0. The van der Waals surface area contributed by atoms with E-state index in [1.807, 2.05) is 0 Å². The van der Waals surface area contributed by atoms with Crippen LogP contribution in [0.15, 0.2) is 53.3 Å². The maximum Gasteiger partial charge on any atom is 0.256 e. The third-order valence-corrected chi connectivity index (χ3v) is 3.80. The van der Waals surface area contributed by atoms with Gasteiger partial charge in [-0.2, -0.15) is 0 Å². The van der Waals surface area contributed by atoms with E-state index in [0.717, 1.165) is 34.9 Å². The van der Waals surface area contributed by atoms with E-state index in [4.69, 9.17) is 11.5 Å². The van der Waals surface area contributed by atoms with E-state index in [1.54, 1.807) is 0 Å². The molecule has 0 saturated carbocycles. The molecule has 1 aromatic heterocycles. The molecule has 0 saturated heterocycles. The summed E-state index contributed by atoms with van der Waals surface area (Å²) in [5.74, 6) is -3.54. The molecule has 2 aromatic carbocycles. The first-order chi connectivity index (χ1) is 12.3. The molecule has 3 rings (SSSR count). The van der Waals surface area contributed by atoms with Crippen LogP contribution in [-0.2, 0) is 0 Å². The van der Waals surface area contributed by atoms with Gasteiger partial charge in [0.05, 0.1) is 11.3 Å². The minimum Gasteiger partial charge on any atom is -0.394 e. The molecule has 26 heavy (non-hydrogen) atoms. The van der Waals surface area contributed by atoms with Gasteiger partial charge in [0.15, 0.2) is 17.4 Å². The number of nitrogens with two attached hydrogens (primary N) is 2. The van der Waals surface area contributed by atoms with Crippen LogP contribution in [0.2, 0.25) is 0 Å². The predicted octanol–water partition coefficient (Wildman–Crippen LogP) is 2.65. The zero-order valence-electron chi connectivity index (χ0n) is 13.2. The molecule has 1 heterocycles. The molecular formula is C18H12F3N3O2. The van der Waals surface area contributed by atoms with Crippen molar-refractivity contribution in [3.8, 4) is 5.69 Å². The molecule has 0 radical (unpaired) electrons. The number of nitrogen functional groups attached to an aromatic ring is 2. The molecule has 0 unspecified atom stereocenters. The topological polar surface area (TPSA) is 91.1 Å². The van der Waals surface area contributed by atoms with Gasteiger partial charge in [-0.3, -0.25) is 14.2 Å². The monoisotopic (exact) mass is 359 g/mol. The van der Waals surface area contributed by atoms with Crippen LogP contribution in [0.3, 0.4) is 0 Å². The Kier molecular flexibility index (Phi) is 4.25. The van der Waals surface area contributed by atoms with Crippen LogP contribution in [0, 0.1) is 17.5 Å². The van der Waals surface area contributed by atoms with Crippen LogP contribution < -0.4 is 17.0 Å². The lowest BCUT2D eigenvalue weighted by Gasteiger charge is -2.14. The second kappa shape index (κ2) is 6.40. The van der Waals surface area contributed by atoms with Crippen molar-refractivity contribution in [2.45, 2.75) is 0 Å². The summed E-state index contributed by atoms with van der Waals surface area (Å²) < 4.78 is 41.3. The molecule has 0 aliphatic heterocycles. The van der Waals surface area contributed by atoms with Gasteiger partial charge in [-0.1, -0.05) is 0 Å². The average molecular weight is 359 g/mol. The molecule has 4 N–H and O–H groups in total. The van der Waals surface area contributed by atoms with Crippen LogP contribution in [0.5, 0.6) is 0 Å². The minimum absolute atomic E-state index is 0.0751. The Hall–Kier alpha value is -3.55. The molecule has 0 aliphatic rings. The van der Waals surface area contributed by atoms with Gasteiger partial charge in [0.25, 0.3) is 5.56 Å². The van der Waals surface area contributed by atoms with Crippen molar-refractivity contribution in [2.75, 3.05) is 11.5 Å². The summed E-state index contributed by atoms with van der Waals surface area (Å²) in [6, 6.07) is 8.63. The highest BCUT2D eigenvalue weighted by atomic mass is 19.1. The van der Waals surface area contributed by atoms with E-state index in [9.17, 15) is 22.8 Å². The lowest BCUT2D eigenvalue weighted by atomic mass is 10.0. The summed E-state index contributed by atoms with van der Waals surface area (Å²) in [7, 11) is 0. The number of carbonyl (C=O) groups is 1. The van der Waals surface area contributed by atoms with Crippen molar-refractivity contribution in [2.24, 2.45) is 0 Å². The second-order valence-electron chi connectivity index (χ2n) is 5.47. The molecule has 0 fully saturated rings. The Morgan fingerprint density at radius 1 is 0.885 bits per heavy atom. The fourth-order valence-corrected chi connectivity index (χ4v) is 2.47. The van der Waals surface area contributed by atoms with Crippen molar-refractivity contribution in [1.29, 1.82) is 0 Å². The van der Waals surface area contributed by atoms with Crippen LogP contribution in [0.25, 0.3) is 5.69 Å². The third kappa shape index (κ3) is 2.92. The maximum atomic E-state index is 13.7. The van der Waals surface area contributed by atoms with Crippen molar-refractivity contribution in [1.82, 2.24) is 4.57 Å². The van der Waals surface area contributed by atoms with E-state index < -0.39 is 34.5 Å². The fourth-order valence-electron chi connectivity index (χ4n) is 2.47. The van der Waals surface area contributed by atoms with Crippen LogP contribution in [-0.4, -0.2) is 10.4 Å². The lowest BCUT2D eigenvalue weighted by molar-refractivity contribution is 0.103. The summed E-state index contributed by atoms with van der Waals surface area (Å²) in [6.45, 7) is 0. The normalized spacial score (nSPS) is 10.7. The molecule has 132 valence electrons. The highest BCUT2D eigenvalue weighted by Crippen LogP contribution is 2.23. The van der Waals surface area contributed by atoms with Crippen molar-refractivity contribution < 1.29 is 18.0 Å². The smallest absolute Gasteiger partial charge is 0.256 e. The van der Waals surface area contributed by atoms with Crippen molar-refractivity contribution in [3.05, 3.63) is 87.5 Å².